The molecule has 1 saturated heterocycles. The largest absolute Gasteiger partial charge is 0.389 e. The Bertz CT molecular complexity index is 411. The maximum atomic E-state index is 9.66. The molecular weight excluding hydrogens is 302 g/mol. The Morgan fingerprint density at radius 2 is 2.05 bits per heavy atom. The van der Waals surface area contributed by atoms with E-state index in [0.29, 0.717) is 0 Å². The molecule has 0 bridgehead atoms. The number of hydrogen-bond donors (Lipinski definition) is 1. The van der Waals surface area contributed by atoms with Crippen molar-refractivity contribution in [3.8, 4) is 0 Å². The second-order valence-electron chi connectivity index (χ2n) is 5.60. The molecule has 1 aliphatic rings. The molecule has 1 heterocycles. The Balaban J connectivity index is 2.02. The van der Waals surface area contributed by atoms with Gasteiger partial charge in [0.15, 0.2) is 0 Å². The predicted molar refractivity (Wildman–Crippen MR) is 84.6 cm³/mol. The molecule has 0 aromatic heterocycles. The van der Waals surface area contributed by atoms with E-state index in [1.54, 1.807) is 6.92 Å². The van der Waals surface area contributed by atoms with Crippen molar-refractivity contribution in [2.45, 2.75) is 45.6 Å². The third kappa shape index (κ3) is 3.73. The average molecular weight is 326 g/mol. The number of benzene rings is 1. The van der Waals surface area contributed by atoms with Crippen LogP contribution < -0.4 is 4.90 Å². The summed E-state index contributed by atoms with van der Waals surface area (Å²) in [4.78, 5) is 2.46. The van der Waals surface area contributed by atoms with Crippen LogP contribution in [0.4, 0.5) is 5.69 Å². The van der Waals surface area contributed by atoms with Crippen LogP contribution in [0.1, 0.15) is 51.2 Å². The maximum Gasteiger partial charge on any atom is 0.0772 e. The van der Waals surface area contributed by atoms with Gasteiger partial charge in [-0.05, 0) is 43.4 Å². The molecule has 1 fully saturated rings. The zero-order chi connectivity index (χ0) is 13.8. The molecule has 0 aliphatic carbocycles. The van der Waals surface area contributed by atoms with Gasteiger partial charge in [-0.2, -0.15) is 0 Å². The van der Waals surface area contributed by atoms with E-state index in [2.05, 4.69) is 39.9 Å². The first kappa shape index (κ1) is 14.9. The molecular formula is C16H24BrNO. The highest BCUT2D eigenvalue weighted by Gasteiger charge is 2.19. The summed E-state index contributed by atoms with van der Waals surface area (Å²) >= 11 is 3.56. The molecule has 1 aromatic rings. The number of nitrogens with zero attached hydrogens (tertiary/aromatic N) is 1. The minimum absolute atomic E-state index is 0.418. The van der Waals surface area contributed by atoms with E-state index < -0.39 is 6.10 Å². The summed E-state index contributed by atoms with van der Waals surface area (Å²) < 4.78 is 1.01. The van der Waals surface area contributed by atoms with Gasteiger partial charge in [0.1, 0.15) is 0 Å². The lowest BCUT2D eigenvalue weighted by Gasteiger charge is -2.34. The molecule has 2 nitrogen and oxygen atoms in total. The van der Waals surface area contributed by atoms with Gasteiger partial charge in [-0.1, -0.05) is 41.8 Å². The number of halogens is 1. The van der Waals surface area contributed by atoms with Crippen molar-refractivity contribution >= 4 is 21.6 Å². The predicted octanol–water partition coefficient (Wildman–Crippen LogP) is 4.52. The van der Waals surface area contributed by atoms with Crippen molar-refractivity contribution in [3.63, 3.8) is 0 Å². The van der Waals surface area contributed by atoms with Gasteiger partial charge < -0.3 is 10.0 Å². The van der Waals surface area contributed by atoms with E-state index in [0.717, 1.165) is 29.0 Å². The summed E-state index contributed by atoms with van der Waals surface area (Å²) in [5.74, 6) is 0.918. The first-order valence-corrected chi connectivity index (χ1v) is 8.13. The van der Waals surface area contributed by atoms with Crippen molar-refractivity contribution < 1.29 is 5.11 Å². The van der Waals surface area contributed by atoms with Crippen LogP contribution in [0.2, 0.25) is 0 Å². The first-order valence-electron chi connectivity index (χ1n) is 7.34. The summed E-state index contributed by atoms with van der Waals surface area (Å²) in [6.07, 6.45) is 4.88. The molecule has 1 N–H and O–H groups in total. The van der Waals surface area contributed by atoms with Crippen LogP contribution in [0.25, 0.3) is 0 Å². The van der Waals surface area contributed by atoms with Gasteiger partial charge >= 0.3 is 0 Å². The Morgan fingerprint density at radius 3 is 2.58 bits per heavy atom. The summed E-state index contributed by atoms with van der Waals surface area (Å²) in [7, 11) is 0. The van der Waals surface area contributed by atoms with Crippen molar-refractivity contribution in [1.29, 1.82) is 0 Å². The fraction of sp³-hybridized carbons (Fsp3) is 0.625. The smallest absolute Gasteiger partial charge is 0.0772 e. The average Bonchev–Trinajstić information content (AvgIpc) is 2.39. The molecule has 3 heteroatoms. The van der Waals surface area contributed by atoms with Gasteiger partial charge in [0.2, 0.25) is 0 Å². The van der Waals surface area contributed by atoms with Gasteiger partial charge in [0.05, 0.1) is 6.10 Å². The third-order valence-electron chi connectivity index (χ3n) is 4.11. The van der Waals surface area contributed by atoms with Gasteiger partial charge in [-0.3, -0.25) is 0 Å². The third-order valence-corrected chi connectivity index (χ3v) is 4.80. The highest BCUT2D eigenvalue weighted by molar-refractivity contribution is 9.10. The van der Waals surface area contributed by atoms with Crippen molar-refractivity contribution in [2.24, 2.45) is 5.92 Å². The summed E-state index contributed by atoms with van der Waals surface area (Å²) in [5, 5.41) is 9.66. The molecule has 0 unspecified atom stereocenters. The zero-order valence-electron chi connectivity index (χ0n) is 11.9. The number of rotatable bonds is 4. The standard InChI is InChI=1S/C16H24BrNO/c1-3-4-13-7-9-18(10-8-13)14-5-6-15(12(2)19)16(17)11-14/h5-6,11-13,19H,3-4,7-10H2,1-2H3/t12-/m1/s1. The fourth-order valence-electron chi connectivity index (χ4n) is 2.94. The van der Waals surface area contributed by atoms with E-state index in [4.69, 9.17) is 0 Å². The van der Waals surface area contributed by atoms with E-state index in [1.165, 1.54) is 31.4 Å². The molecule has 0 saturated carbocycles. The fourth-order valence-corrected chi connectivity index (χ4v) is 3.64. The lowest BCUT2D eigenvalue weighted by molar-refractivity contribution is 0.198. The molecule has 1 aliphatic heterocycles. The van der Waals surface area contributed by atoms with Gasteiger partial charge in [-0.25, -0.2) is 0 Å². The van der Waals surface area contributed by atoms with Crippen LogP contribution in [0.15, 0.2) is 22.7 Å². The normalized spacial score (nSPS) is 18.6. The first-order chi connectivity index (χ1) is 9.11. The number of anilines is 1. The molecule has 1 aromatic carbocycles. The molecule has 2 rings (SSSR count). The molecule has 1 atom stereocenters. The quantitative estimate of drug-likeness (QED) is 0.879. The molecule has 19 heavy (non-hydrogen) atoms. The number of aliphatic hydroxyl groups is 1. The van der Waals surface area contributed by atoms with Gasteiger partial charge in [-0.15, -0.1) is 0 Å². The van der Waals surface area contributed by atoms with Crippen molar-refractivity contribution in [1.82, 2.24) is 0 Å². The van der Waals surface area contributed by atoms with Crippen LogP contribution in [0.3, 0.4) is 0 Å². The molecule has 106 valence electrons. The Morgan fingerprint density at radius 1 is 1.37 bits per heavy atom. The Kier molecular flexibility index (Phi) is 5.28. The topological polar surface area (TPSA) is 23.5 Å². The monoisotopic (exact) mass is 325 g/mol. The summed E-state index contributed by atoms with van der Waals surface area (Å²) in [6.45, 7) is 6.39. The second kappa shape index (κ2) is 6.76. The maximum absolute atomic E-state index is 9.66. The molecule has 0 spiro atoms. The minimum atomic E-state index is -0.418. The van der Waals surface area contributed by atoms with Gasteiger partial charge in [0, 0.05) is 23.2 Å². The highest BCUT2D eigenvalue weighted by Crippen LogP contribution is 2.31. The SMILES string of the molecule is CCCC1CCN(c2ccc([C@@H](C)O)c(Br)c2)CC1. The van der Waals surface area contributed by atoms with Crippen LogP contribution in [0, 0.1) is 5.92 Å². The van der Waals surface area contributed by atoms with Gasteiger partial charge in [0.25, 0.3) is 0 Å². The Labute approximate surface area is 124 Å². The van der Waals surface area contributed by atoms with E-state index in [-0.39, 0.29) is 0 Å². The number of aliphatic hydroxyl groups excluding tert-OH is 1. The molecule has 0 amide bonds. The van der Waals surface area contributed by atoms with E-state index in [1.807, 2.05) is 6.07 Å². The lowest BCUT2D eigenvalue weighted by Crippen LogP contribution is -2.33. The minimum Gasteiger partial charge on any atom is -0.389 e. The van der Waals surface area contributed by atoms with Crippen LogP contribution in [-0.4, -0.2) is 18.2 Å². The van der Waals surface area contributed by atoms with Crippen molar-refractivity contribution in [3.05, 3.63) is 28.2 Å². The van der Waals surface area contributed by atoms with Crippen LogP contribution in [0.5, 0.6) is 0 Å². The summed E-state index contributed by atoms with van der Waals surface area (Å²) in [5.41, 5.74) is 2.23. The lowest BCUT2D eigenvalue weighted by atomic mass is 9.92. The highest BCUT2D eigenvalue weighted by atomic mass is 79.9. The summed E-state index contributed by atoms with van der Waals surface area (Å²) in [6, 6.07) is 6.30. The second-order valence-corrected chi connectivity index (χ2v) is 6.46. The Hall–Kier alpha value is -0.540. The number of piperidine rings is 1. The van der Waals surface area contributed by atoms with E-state index >= 15 is 0 Å². The van der Waals surface area contributed by atoms with E-state index in [9.17, 15) is 5.11 Å². The zero-order valence-corrected chi connectivity index (χ0v) is 13.5. The van der Waals surface area contributed by atoms with Crippen LogP contribution >= 0.6 is 15.9 Å². The van der Waals surface area contributed by atoms with Crippen molar-refractivity contribution in [2.75, 3.05) is 18.0 Å². The molecule has 0 radical (unpaired) electrons. The number of hydrogen-bond acceptors (Lipinski definition) is 2. The van der Waals surface area contributed by atoms with Crippen LogP contribution in [-0.2, 0) is 0 Å².